The van der Waals surface area contributed by atoms with Crippen LogP contribution in [0.25, 0.3) is 32.2 Å². The number of anilines is 1. The highest BCUT2D eigenvalue weighted by molar-refractivity contribution is 7.16. The van der Waals surface area contributed by atoms with E-state index in [0.717, 1.165) is 32.2 Å². The third kappa shape index (κ3) is 2.99. The molecule has 0 saturated heterocycles. The number of carbonyl (C=O) groups is 1. The average molecular weight is 386 g/mol. The van der Waals surface area contributed by atoms with Crippen molar-refractivity contribution >= 4 is 44.3 Å². The summed E-state index contributed by atoms with van der Waals surface area (Å²) in [7, 11) is 1.88. The highest BCUT2D eigenvalue weighted by Gasteiger charge is 2.11. The number of hydrogen-bond donors (Lipinski definition) is 1. The third-order valence-corrected chi connectivity index (χ3v) is 5.23. The predicted octanol–water partition coefficient (Wildman–Crippen LogP) is 3.89. The van der Waals surface area contributed by atoms with E-state index < -0.39 is 0 Å². The Bertz CT molecular complexity index is 1340. The lowest BCUT2D eigenvalue weighted by Crippen LogP contribution is -2.14. The van der Waals surface area contributed by atoms with Crippen LogP contribution in [-0.2, 0) is 7.05 Å². The maximum absolute atomic E-state index is 12.6. The van der Waals surface area contributed by atoms with Crippen molar-refractivity contribution in [2.24, 2.45) is 7.05 Å². The number of hydrogen-bond acceptors (Lipinski definition) is 6. The van der Waals surface area contributed by atoms with Gasteiger partial charge in [0.2, 0.25) is 5.95 Å². The molecule has 0 saturated carbocycles. The van der Waals surface area contributed by atoms with Crippen molar-refractivity contribution in [3.05, 3.63) is 66.1 Å². The monoisotopic (exact) mass is 386 g/mol. The molecular formula is C20H14N6OS. The Morgan fingerprint density at radius 3 is 2.82 bits per heavy atom. The fraction of sp³-hybridized carbons (Fsp3) is 0.0500. The zero-order chi connectivity index (χ0) is 19.1. The summed E-state index contributed by atoms with van der Waals surface area (Å²) in [6.45, 7) is 0. The van der Waals surface area contributed by atoms with Gasteiger partial charge in [-0.05, 0) is 29.8 Å². The maximum atomic E-state index is 12.6. The summed E-state index contributed by atoms with van der Waals surface area (Å²) < 4.78 is 2.72. The molecule has 5 aromatic rings. The number of amides is 1. The van der Waals surface area contributed by atoms with Gasteiger partial charge < -0.3 is 0 Å². The quantitative estimate of drug-likeness (QED) is 0.508. The summed E-state index contributed by atoms with van der Waals surface area (Å²) in [5.74, 6) is 0.0169. The molecule has 5 rings (SSSR count). The van der Waals surface area contributed by atoms with Crippen molar-refractivity contribution in [1.82, 2.24) is 24.7 Å². The first-order chi connectivity index (χ1) is 13.7. The Labute approximate surface area is 163 Å². The number of aromatic nitrogens is 5. The fourth-order valence-electron chi connectivity index (χ4n) is 3.00. The fourth-order valence-corrected chi connectivity index (χ4v) is 3.72. The zero-order valence-electron chi connectivity index (χ0n) is 14.8. The van der Waals surface area contributed by atoms with Crippen LogP contribution in [0.1, 0.15) is 10.4 Å². The van der Waals surface area contributed by atoms with E-state index in [-0.39, 0.29) is 11.9 Å². The van der Waals surface area contributed by atoms with E-state index in [1.54, 1.807) is 28.7 Å². The zero-order valence-corrected chi connectivity index (χ0v) is 15.6. The molecule has 0 bridgehead atoms. The number of rotatable bonds is 3. The van der Waals surface area contributed by atoms with Crippen molar-refractivity contribution in [2.45, 2.75) is 0 Å². The number of benzene rings is 2. The van der Waals surface area contributed by atoms with Crippen LogP contribution in [0.3, 0.4) is 0 Å². The molecule has 8 heteroatoms. The Morgan fingerprint density at radius 2 is 1.96 bits per heavy atom. The molecule has 136 valence electrons. The van der Waals surface area contributed by atoms with Crippen LogP contribution in [-0.4, -0.2) is 30.6 Å². The molecule has 0 unspecified atom stereocenters. The molecule has 3 heterocycles. The Balaban J connectivity index is 1.45. The van der Waals surface area contributed by atoms with Gasteiger partial charge in [-0.25, -0.2) is 15.0 Å². The van der Waals surface area contributed by atoms with Gasteiger partial charge in [0.05, 0.1) is 27.4 Å². The molecule has 28 heavy (non-hydrogen) atoms. The molecule has 2 aromatic carbocycles. The van der Waals surface area contributed by atoms with E-state index in [9.17, 15) is 4.79 Å². The standard InChI is InChI=1S/C20H14N6OS/c1-26-10-15(9-23-26)12-2-3-14-8-21-20(24-17(14)6-12)25-19(27)13-4-5-16-18(7-13)28-11-22-16/h2-11H,1H3,(H,21,24,25,27). The first kappa shape index (κ1) is 16.5. The molecular weight excluding hydrogens is 372 g/mol. The largest absolute Gasteiger partial charge is 0.290 e. The van der Waals surface area contributed by atoms with Gasteiger partial charge in [0.15, 0.2) is 0 Å². The minimum absolute atomic E-state index is 0.252. The number of carbonyl (C=O) groups excluding carboxylic acids is 1. The summed E-state index contributed by atoms with van der Waals surface area (Å²) in [6, 6.07) is 11.3. The van der Waals surface area contributed by atoms with Crippen molar-refractivity contribution in [2.75, 3.05) is 5.32 Å². The first-order valence-corrected chi connectivity index (χ1v) is 9.44. The van der Waals surface area contributed by atoms with Crippen LogP contribution >= 0.6 is 11.3 Å². The summed E-state index contributed by atoms with van der Waals surface area (Å²) in [6.07, 6.45) is 5.46. The smallest absolute Gasteiger partial charge is 0.258 e. The maximum Gasteiger partial charge on any atom is 0.258 e. The van der Waals surface area contributed by atoms with Crippen LogP contribution in [0.2, 0.25) is 0 Å². The molecule has 0 fully saturated rings. The number of fused-ring (bicyclic) bond motifs is 2. The second kappa shape index (κ2) is 6.50. The summed E-state index contributed by atoms with van der Waals surface area (Å²) in [5, 5.41) is 7.88. The minimum Gasteiger partial charge on any atom is -0.290 e. The molecule has 0 spiro atoms. The molecule has 1 N–H and O–H groups in total. The van der Waals surface area contributed by atoms with Crippen molar-refractivity contribution < 1.29 is 4.79 Å². The minimum atomic E-state index is -0.252. The second-order valence-electron chi connectivity index (χ2n) is 6.36. The van der Waals surface area contributed by atoms with Crippen molar-refractivity contribution in [3.63, 3.8) is 0 Å². The van der Waals surface area contributed by atoms with Crippen LogP contribution < -0.4 is 5.32 Å². The molecule has 0 radical (unpaired) electrons. The third-order valence-electron chi connectivity index (χ3n) is 4.44. The van der Waals surface area contributed by atoms with E-state index in [2.05, 4.69) is 25.4 Å². The predicted molar refractivity (Wildman–Crippen MR) is 109 cm³/mol. The van der Waals surface area contributed by atoms with Crippen LogP contribution in [0.5, 0.6) is 0 Å². The topological polar surface area (TPSA) is 85.6 Å². The van der Waals surface area contributed by atoms with Gasteiger partial charge in [0.1, 0.15) is 0 Å². The second-order valence-corrected chi connectivity index (χ2v) is 7.25. The number of thiazole rings is 1. The number of nitrogens with zero attached hydrogens (tertiary/aromatic N) is 5. The van der Waals surface area contributed by atoms with Crippen molar-refractivity contribution in [1.29, 1.82) is 0 Å². The van der Waals surface area contributed by atoms with E-state index in [1.807, 2.05) is 43.6 Å². The summed E-state index contributed by atoms with van der Waals surface area (Å²) >= 11 is 1.50. The molecule has 0 atom stereocenters. The Kier molecular flexibility index (Phi) is 3.84. The van der Waals surface area contributed by atoms with Gasteiger partial charge in [-0.1, -0.05) is 12.1 Å². The summed E-state index contributed by atoms with van der Waals surface area (Å²) in [4.78, 5) is 25.6. The van der Waals surface area contributed by atoms with E-state index in [0.29, 0.717) is 5.56 Å². The van der Waals surface area contributed by atoms with E-state index >= 15 is 0 Å². The number of aryl methyl sites for hydroxylation is 1. The van der Waals surface area contributed by atoms with Gasteiger partial charge in [-0.3, -0.25) is 14.8 Å². The van der Waals surface area contributed by atoms with E-state index in [4.69, 9.17) is 0 Å². The number of nitrogens with one attached hydrogen (secondary N) is 1. The van der Waals surface area contributed by atoms with E-state index in [1.165, 1.54) is 11.3 Å². The normalized spacial score (nSPS) is 11.2. The average Bonchev–Trinajstić information content (AvgIpc) is 3.35. The molecule has 1 amide bonds. The Hall–Kier alpha value is -3.65. The molecule has 0 aliphatic rings. The van der Waals surface area contributed by atoms with Gasteiger partial charge >= 0.3 is 0 Å². The molecule has 0 aliphatic heterocycles. The lowest BCUT2D eigenvalue weighted by molar-refractivity contribution is 0.102. The SMILES string of the molecule is Cn1cc(-c2ccc3cnc(NC(=O)c4ccc5ncsc5c4)nc3c2)cn1. The summed E-state index contributed by atoms with van der Waals surface area (Å²) in [5.41, 5.74) is 5.96. The molecule has 0 aliphatic carbocycles. The lowest BCUT2D eigenvalue weighted by atomic mass is 10.1. The Morgan fingerprint density at radius 1 is 1.04 bits per heavy atom. The molecule has 3 aromatic heterocycles. The van der Waals surface area contributed by atoms with Crippen molar-refractivity contribution in [3.8, 4) is 11.1 Å². The van der Waals surface area contributed by atoms with Gasteiger partial charge in [0.25, 0.3) is 5.91 Å². The molecule has 7 nitrogen and oxygen atoms in total. The highest BCUT2D eigenvalue weighted by Crippen LogP contribution is 2.24. The van der Waals surface area contributed by atoms with Crippen LogP contribution in [0.15, 0.2) is 60.5 Å². The first-order valence-electron chi connectivity index (χ1n) is 8.56. The lowest BCUT2D eigenvalue weighted by Gasteiger charge is -2.06. The highest BCUT2D eigenvalue weighted by atomic mass is 32.1. The van der Waals surface area contributed by atoms with Gasteiger partial charge in [-0.2, -0.15) is 5.10 Å². The van der Waals surface area contributed by atoms with Gasteiger partial charge in [0, 0.05) is 36.0 Å². The van der Waals surface area contributed by atoms with Gasteiger partial charge in [-0.15, -0.1) is 11.3 Å². The van der Waals surface area contributed by atoms with Crippen LogP contribution in [0.4, 0.5) is 5.95 Å². The van der Waals surface area contributed by atoms with Crippen LogP contribution in [0, 0.1) is 0 Å².